The summed E-state index contributed by atoms with van der Waals surface area (Å²) < 4.78 is 5.50. The second-order valence-corrected chi connectivity index (χ2v) is 6.39. The van der Waals surface area contributed by atoms with Crippen LogP contribution in [-0.4, -0.2) is 57.9 Å². The Kier molecular flexibility index (Phi) is 4.78. The minimum atomic E-state index is 0.207. The Morgan fingerprint density at radius 1 is 1.20 bits per heavy atom. The van der Waals surface area contributed by atoms with Crippen molar-refractivity contribution in [3.63, 3.8) is 0 Å². The molecule has 0 amide bonds. The monoisotopic (exact) mass is 358 g/mol. The number of hydrogen-bond donors (Lipinski definition) is 2. The first kappa shape index (κ1) is 16.3. The van der Waals surface area contributed by atoms with E-state index in [4.69, 9.17) is 16.3 Å². The van der Waals surface area contributed by atoms with Gasteiger partial charge in [-0.3, -0.25) is 10.00 Å². The van der Waals surface area contributed by atoms with E-state index < -0.39 is 0 Å². The van der Waals surface area contributed by atoms with E-state index in [1.807, 2.05) is 12.1 Å². The van der Waals surface area contributed by atoms with Gasteiger partial charge in [0.2, 0.25) is 0 Å². The normalized spacial score (nSPS) is 16.8. The molecule has 2 aromatic heterocycles. The molecule has 1 saturated heterocycles. The predicted molar refractivity (Wildman–Crippen MR) is 96.8 cm³/mol. The number of nitrogens with zero attached hydrogens (tertiary/aromatic N) is 4. The SMILES string of the molecule is Clc1ccc(C(CNc2ncnc3[nH]ncc23)N2CCOCC2)cc1. The highest BCUT2D eigenvalue weighted by atomic mass is 35.5. The van der Waals surface area contributed by atoms with Crippen molar-refractivity contribution in [1.29, 1.82) is 0 Å². The van der Waals surface area contributed by atoms with Crippen LogP contribution in [0.1, 0.15) is 11.6 Å². The summed E-state index contributed by atoms with van der Waals surface area (Å²) in [6.07, 6.45) is 3.28. The number of benzene rings is 1. The van der Waals surface area contributed by atoms with Gasteiger partial charge in [-0.1, -0.05) is 23.7 Å². The summed E-state index contributed by atoms with van der Waals surface area (Å²) in [5.74, 6) is 0.783. The number of fused-ring (bicyclic) bond motifs is 1. The molecule has 3 heterocycles. The van der Waals surface area contributed by atoms with Crippen LogP contribution in [-0.2, 0) is 4.74 Å². The third kappa shape index (κ3) is 3.58. The molecule has 1 fully saturated rings. The summed E-state index contributed by atoms with van der Waals surface area (Å²) in [6.45, 7) is 4.03. The zero-order valence-corrected chi connectivity index (χ0v) is 14.4. The average Bonchev–Trinajstić information content (AvgIpc) is 3.14. The molecule has 1 aromatic carbocycles. The molecule has 1 unspecified atom stereocenters. The Morgan fingerprint density at radius 2 is 2.00 bits per heavy atom. The molecule has 1 atom stereocenters. The summed E-state index contributed by atoms with van der Waals surface area (Å²) in [5.41, 5.74) is 1.95. The lowest BCUT2D eigenvalue weighted by Crippen LogP contribution is -2.41. The minimum Gasteiger partial charge on any atom is -0.379 e. The van der Waals surface area contributed by atoms with E-state index in [9.17, 15) is 0 Å². The molecular formula is C17H19ClN6O. The molecule has 0 aliphatic carbocycles. The van der Waals surface area contributed by atoms with Crippen molar-refractivity contribution < 1.29 is 4.74 Å². The molecule has 1 aliphatic heterocycles. The number of aromatic amines is 1. The summed E-state index contributed by atoms with van der Waals surface area (Å²) in [7, 11) is 0. The van der Waals surface area contributed by atoms with Crippen molar-refractivity contribution in [1.82, 2.24) is 25.1 Å². The van der Waals surface area contributed by atoms with Gasteiger partial charge in [0, 0.05) is 24.7 Å². The molecule has 7 nitrogen and oxygen atoms in total. The van der Waals surface area contributed by atoms with Crippen molar-refractivity contribution in [2.45, 2.75) is 6.04 Å². The van der Waals surface area contributed by atoms with Crippen molar-refractivity contribution >= 4 is 28.5 Å². The second kappa shape index (κ2) is 7.35. The molecule has 0 radical (unpaired) electrons. The molecular weight excluding hydrogens is 340 g/mol. The average molecular weight is 359 g/mol. The molecule has 0 spiro atoms. The van der Waals surface area contributed by atoms with Gasteiger partial charge < -0.3 is 10.1 Å². The molecule has 0 bridgehead atoms. The zero-order chi connectivity index (χ0) is 17.1. The van der Waals surface area contributed by atoms with Crippen LogP contribution in [0.3, 0.4) is 0 Å². The molecule has 1 aliphatic rings. The number of H-pyrrole nitrogens is 1. The van der Waals surface area contributed by atoms with Crippen LogP contribution in [0.25, 0.3) is 11.0 Å². The van der Waals surface area contributed by atoms with Crippen LogP contribution in [0, 0.1) is 0 Å². The van der Waals surface area contributed by atoms with E-state index in [-0.39, 0.29) is 6.04 Å². The van der Waals surface area contributed by atoms with Crippen molar-refractivity contribution in [3.05, 3.63) is 47.4 Å². The highest BCUT2D eigenvalue weighted by Crippen LogP contribution is 2.25. The van der Waals surface area contributed by atoms with Gasteiger partial charge in [0.15, 0.2) is 5.65 Å². The van der Waals surface area contributed by atoms with Gasteiger partial charge in [-0.05, 0) is 17.7 Å². The van der Waals surface area contributed by atoms with E-state index in [0.717, 1.165) is 54.7 Å². The number of aromatic nitrogens is 4. The maximum absolute atomic E-state index is 6.05. The number of anilines is 1. The molecule has 130 valence electrons. The summed E-state index contributed by atoms with van der Waals surface area (Å²) in [4.78, 5) is 11.0. The van der Waals surface area contributed by atoms with Crippen LogP contribution in [0.4, 0.5) is 5.82 Å². The fraction of sp³-hybridized carbons (Fsp3) is 0.353. The Bertz CT molecular complexity index is 831. The number of hydrogen-bond acceptors (Lipinski definition) is 6. The lowest BCUT2D eigenvalue weighted by Gasteiger charge is -2.35. The lowest BCUT2D eigenvalue weighted by atomic mass is 10.0. The summed E-state index contributed by atoms with van der Waals surface area (Å²) in [6, 6.07) is 8.24. The fourth-order valence-electron chi connectivity index (χ4n) is 3.13. The Balaban J connectivity index is 1.57. The van der Waals surface area contributed by atoms with E-state index >= 15 is 0 Å². The van der Waals surface area contributed by atoms with Gasteiger partial charge in [0.1, 0.15) is 12.1 Å². The number of nitrogens with one attached hydrogen (secondary N) is 2. The number of halogens is 1. The summed E-state index contributed by atoms with van der Waals surface area (Å²) >= 11 is 6.05. The third-order valence-electron chi connectivity index (χ3n) is 4.45. The Morgan fingerprint density at radius 3 is 2.80 bits per heavy atom. The maximum atomic E-state index is 6.05. The highest BCUT2D eigenvalue weighted by Gasteiger charge is 2.23. The van der Waals surface area contributed by atoms with Gasteiger partial charge >= 0.3 is 0 Å². The third-order valence-corrected chi connectivity index (χ3v) is 4.70. The first-order valence-electron chi connectivity index (χ1n) is 8.26. The van der Waals surface area contributed by atoms with Crippen LogP contribution < -0.4 is 5.32 Å². The molecule has 2 N–H and O–H groups in total. The number of morpholine rings is 1. The van der Waals surface area contributed by atoms with Crippen LogP contribution in [0.5, 0.6) is 0 Å². The maximum Gasteiger partial charge on any atom is 0.160 e. The molecule has 0 saturated carbocycles. The highest BCUT2D eigenvalue weighted by molar-refractivity contribution is 6.30. The zero-order valence-electron chi connectivity index (χ0n) is 13.7. The van der Waals surface area contributed by atoms with Gasteiger partial charge in [0.25, 0.3) is 0 Å². The smallest absolute Gasteiger partial charge is 0.160 e. The minimum absolute atomic E-state index is 0.207. The number of ether oxygens (including phenoxy) is 1. The topological polar surface area (TPSA) is 79.0 Å². The first-order valence-corrected chi connectivity index (χ1v) is 8.64. The van der Waals surface area contributed by atoms with Gasteiger partial charge in [-0.2, -0.15) is 5.10 Å². The Hall–Kier alpha value is -2.22. The van der Waals surface area contributed by atoms with E-state index in [2.05, 4.69) is 42.5 Å². The largest absolute Gasteiger partial charge is 0.379 e. The molecule has 3 aromatic rings. The predicted octanol–water partition coefficient (Wildman–Crippen LogP) is 2.49. The van der Waals surface area contributed by atoms with Crippen molar-refractivity contribution in [3.8, 4) is 0 Å². The fourth-order valence-corrected chi connectivity index (χ4v) is 3.26. The quantitative estimate of drug-likeness (QED) is 0.729. The van der Waals surface area contributed by atoms with Crippen molar-refractivity contribution in [2.75, 3.05) is 38.2 Å². The van der Waals surface area contributed by atoms with Crippen molar-refractivity contribution in [2.24, 2.45) is 0 Å². The molecule has 4 rings (SSSR count). The van der Waals surface area contributed by atoms with Crippen LogP contribution in [0.15, 0.2) is 36.8 Å². The van der Waals surface area contributed by atoms with E-state index in [0.29, 0.717) is 0 Å². The summed E-state index contributed by atoms with van der Waals surface area (Å²) in [5, 5.41) is 12.0. The standard InChI is InChI=1S/C17H19ClN6O/c18-13-3-1-12(2-4-13)15(24-5-7-25-8-6-24)10-19-16-14-9-22-23-17(14)21-11-20-16/h1-4,9,11,15H,5-8,10H2,(H2,19,20,21,22,23). The van der Waals surface area contributed by atoms with Gasteiger partial charge in [0.05, 0.1) is 30.8 Å². The number of rotatable bonds is 5. The van der Waals surface area contributed by atoms with Crippen LogP contribution in [0.2, 0.25) is 5.02 Å². The van der Waals surface area contributed by atoms with Gasteiger partial charge in [-0.25, -0.2) is 9.97 Å². The van der Waals surface area contributed by atoms with Gasteiger partial charge in [-0.15, -0.1) is 0 Å². The van der Waals surface area contributed by atoms with Crippen LogP contribution >= 0.6 is 11.6 Å². The molecule has 8 heteroatoms. The first-order chi connectivity index (χ1) is 12.3. The lowest BCUT2D eigenvalue weighted by molar-refractivity contribution is 0.0187. The van der Waals surface area contributed by atoms with E-state index in [1.165, 1.54) is 11.9 Å². The second-order valence-electron chi connectivity index (χ2n) is 5.95. The Labute approximate surface area is 150 Å². The molecule has 25 heavy (non-hydrogen) atoms. The van der Waals surface area contributed by atoms with E-state index in [1.54, 1.807) is 6.20 Å².